The van der Waals surface area contributed by atoms with Crippen LogP contribution in [0, 0.1) is 0 Å². The quantitative estimate of drug-likeness (QED) is 0.269. The standard InChI is InChI=1S/C23H13Cl3N2O6S/c24-14-2-6-16(7-3-14)28-22(30)18(21(29)27-23(28)31)11-13-1-10-20(19(26)12-13)34-35(32,33)17-8-4-15(25)5-9-17/h1-12H,(H,27,29,31)/b18-11+. The van der Waals surface area contributed by atoms with Crippen LogP contribution in [0.2, 0.25) is 15.1 Å². The second-order valence-corrected chi connectivity index (χ2v) is 9.94. The smallest absolute Gasteiger partial charge is 0.339 e. The van der Waals surface area contributed by atoms with Crippen LogP contribution in [-0.4, -0.2) is 26.3 Å². The highest BCUT2D eigenvalue weighted by Crippen LogP contribution is 2.30. The van der Waals surface area contributed by atoms with Crippen molar-refractivity contribution < 1.29 is 27.0 Å². The summed E-state index contributed by atoms with van der Waals surface area (Å²) in [7, 11) is -4.19. The first-order chi connectivity index (χ1) is 16.5. The summed E-state index contributed by atoms with van der Waals surface area (Å²) in [4.78, 5) is 38.3. The van der Waals surface area contributed by atoms with Crippen LogP contribution in [0.25, 0.3) is 6.08 Å². The van der Waals surface area contributed by atoms with Crippen LogP contribution >= 0.6 is 34.8 Å². The number of rotatable bonds is 5. The molecule has 0 unspecified atom stereocenters. The molecule has 3 aromatic carbocycles. The lowest BCUT2D eigenvalue weighted by molar-refractivity contribution is -0.122. The molecule has 0 aromatic heterocycles. The SMILES string of the molecule is O=C1NC(=O)N(c2ccc(Cl)cc2)C(=O)/C1=C/c1ccc(OS(=O)(=O)c2ccc(Cl)cc2)c(Cl)c1. The molecule has 1 heterocycles. The van der Waals surface area contributed by atoms with Gasteiger partial charge in [-0.25, -0.2) is 9.69 Å². The Balaban J connectivity index is 1.61. The van der Waals surface area contributed by atoms with Crippen molar-refractivity contribution in [3.8, 4) is 5.75 Å². The molecule has 1 fully saturated rings. The number of benzene rings is 3. The van der Waals surface area contributed by atoms with Gasteiger partial charge in [0.05, 0.1) is 10.7 Å². The zero-order chi connectivity index (χ0) is 25.3. The number of urea groups is 1. The van der Waals surface area contributed by atoms with E-state index in [1.54, 1.807) is 0 Å². The second kappa shape index (κ2) is 9.71. The highest BCUT2D eigenvalue weighted by molar-refractivity contribution is 7.87. The second-order valence-electron chi connectivity index (χ2n) is 7.12. The molecule has 35 heavy (non-hydrogen) atoms. The first kappa shape index (κ1) is 24.7. The number of nitrogens with one attached hydrogen (secondary N) is 1. The maximum atomic E-state index is 13.0. The van der Waals surface area contributed by atoms with Gasteiger partial charge in [-0.2, -0.15) is 8.42 Å². The maximum absolute atomic E-state index is 13.0. The molecule has 4 rings (SSSR count). The molecule has 0 atom stereocenters. The Labute approximate surface area is 214 Å². The molecule has 3 aromatic rings. The minimum atomic E-state index is -4.19. The van der Waals surface area contributed by atoms with Gasteiger partial charge >= 0.3 is 16.1 Å². The van der Waals surface area contributed by atoms with Crippen molar-refractivity contribution in [1.29, 1.82) is 0 Å². The number of anilines is 1. The Hall–Kier alpha value is -3.37. The van der Waals surface area contributed by atoms with E-state index in [-0.39, 0.29) is 32.5 Å². The lowest BCUT2D eigenvalue weighted by Gasteiger charge is -2.26. The third-order valence-corrected chi connectivity index (χ3v) is 6.80. The molecule has 1 aliphatic rings. The summed E-state index contributed by atoms with van der Waals surface area (Å²) in [6.07, 6.45) is 1.22. The van der Waals surface area contributed by atoms with Gasteiger partial charge in [0.15, 0.2) is 5.75 Å². The average Bonchev–Trinajstić information content (AvgIpc) is 2.80. The number of amides is 4. The van der Waals surface area contributed by atoms with Crippen LogP contribution in [0.15, 0.2) is 77.2 Å². The minimum absolute atomic E-state index is 0.0915. The molecule has 0 bridgehead atoms. The molecular weight excluding hydrogens is 539 g/mol. The van der Waals surface area contributed by atoms with Gasteiger partial charge in [0.25, 0.3) is 11.8 Å². The summed E-state index contributed by atoms with van der Waals surface area (Å²) in [5.41, 5.74) is 0.165. The van der Waals surface area contributed by atoms with E-state index >= 15 is 0 Å². The predicted octanol–water partition coefficient (Wildman–Crippen LogP) is 5.08. The summed E-state index contributed by atoms with van der Waals surface area (Å²) in [5.74, 6) is -1.92. The van der Waals surface area contributed by atoms with Crippen LogP contribution in [0.1, 0.15) is 5.56 Å². The molecule has 1 aliphatic heterocycles. The molecular formula is C23H13Cl3N2O6S. The van der Waals surface area contributed by atoms with Crippen LogP contribution in [0.5, 0.6) is 5.75 Å². The lowest BCUT2D eigenvalue weighted by atomic mass is 10.1. The van der Waals surface area contributed by atoms with E-state index in [0.29, 0.717) is 10.0 Å². The Morgan fingerprint density at radius 2 is 1.43 bits per heavy atom. The summed E-state index contributed by atoms with van der Waals surface area (Å²) >= 11 is 17.8. The topological polar surface area (TPSA) is 110 Å². The Morgan fingerprint density at radius 3 is 2.03 bits per heavy atom. The van der Waals surface area contributed by atoms with Gasteiger partial charge in [-0.1, -0.05) is 40.9 Å². The van der Waals surface area contributed by atoms with E-state index in [0.717, 1.165) is 4.90 Å². The van der Waals surface area contributed by atoms with E-state index in [4.69, 9.17) is 39.0 Å². The van der Waals surface area contributed by atoms with Crippen molar-refractivity contribution in [1.82, 2.24) is 5.32 Å². The monoisotopic (exact) mass is 550 g/mol. The molecule has 1 saturated heterocycles. The lowest BCUT2D eigenvalue weighted by Crippen LogP contribution is -2.54. The normalized spacial score (nSPS) is 15.3. The fourth-order valence-corrected chi connectivity index (χ4v) is 4.56. The van der Waals surface area contributed by atoms with Gasteiger partial charge in [0.2, 0.25) is 0 Å². The molecule has 0 aliphatic carbocycles. The van der Waals surface area contributed by atoms with Gasteiger partial charge in [-0.05, 0) is 72.3 Å². The number of carbonyl (C=O) groups excluding carboxylic acids is 3. The average molecular weight is 552 g/mol. The zero-order valence-electron chi connectivity index (χ0n) is 17.4. The van der Waals surface area contributed by atoms with Gasteiger partial charge in [0.1, 0.15) is 10.5 Å². The summed E-state index contributed by atoms with van der Waals surface area (Å²) in [5, 5.41) is 2.77. The summed E-state index contributed by atoms with van der Waals surface area (Å²) in [6, 6.07) is 14.3. The van der Waals surface area contributed by atoms with Crippen LogP contribution < -0.4 is 14.4 Å². The largest absolute Gasteiger partial charge is 0.377 e. The van der Waals surface area contributed by atoms with Crippen molar-refractivity contribution in [3.05, 3.63) is 92.9 Å². The Kier molecular flexibility index (Phi) is 6.86. The Morgan fingerprint density at radius 1 is 0.829 bits per heavy atom. The van der Waals surface area contributed by atoms with Crippen molar-refractivity contribution >= 4 is 74.5 Å². The third-order valence-electron chi connectivity index (χ3n) is 4.76. The maximum Gasteiger partial charge on any atom is 0.339 e. The van der Waals surface area contributed by atoms with Crippen LogP contribution in [0.4, 0.5) is 10.5 Å². The highest BCUT2D eigenvalue weighted by Gasteiger charge is 2.36. The molecule has 4 amide bonds. The highest BCUT2D eigenvalue weighted by atomic mass is 35.5. The van der Waals surface area contributed by atoms with E-state index < -0.39 is 28.0 Å². The molecule has 12 heteroatoms. The number of barbiturate groups is 1. The number of hydrogen-bond acceptors (Lipinski definition) is 6. The fraction of sp³-hybridized carbons (Fsp3) is 0. The van der Waals surface area contributed by atoms with E-state index in [1.165, 1.54) is 72.8 Å². The summed E-state index contributed by atoms with van der Waals surface area (Å²) in [6.45, 7) is 0. The zero-order valence-corrected chi connectivity index (χ0v) is 20.5. The minimum Gasteiger partial charge on any atom is -0.377 e. The third kappa shape index (κ3) is 5.33. The number of hydrogen-bond donors (Lipinski definition) is 1. The van der Waals surface area contributed by atoms with Crippen molar-refractivity contribution in [3.63, 3.8) is 0 Å². The van der Waals surface area contributed by atoms with Crippen molar-refractivity contribution in [2.75, 3.05) is 4.90 Å². The van der Waals surface area contributed by atoms with Crippen molar-refractivity contribution in [2.45, 2.75) is 4.90 Å². The molecule has 0 radical (unpaired) electrons. The first-order valence-corrected chi connectivity index (χ1v) is 12.3. The van der Waals surface area contributed by atoms with Gasteiger partial charge in [0, 0.05) is 10.0 Å². The van der Waals surface area contributed by atoms with Gasteiger partial charge in [-0.15, -0.1) is 0 Å². The predicted molar refractivity (Wildman–Crippen MR) is 131 cm³/mol. The fourth-order valence-electron chi connectivity index (χ4n) is 3.09. The molecule has 0 spiro atoms. The summed E-state index contributed by atoms with van der Waals surface area (Å²) < 4.78 is 30.1. The van der Waals surface area contributed by atoms with E-state index in [2.05, 4.69) is 5.32 Å². The molecule has 0 saturated carbocycles. The number of halogens is 3. The van der Waals surface area contributed by atoms with Crippen molar-refractivity contribution in [2.24, 2.45) is 0 Å². The van der Waals surface area contributed by atoms with E-state index in [1.807, 2.05) is 0 Å². The number of carbonyl (C=O) groups is 3. The van der Waals surface area contributed by atoms with Crippen LogP contribution in [-0.2, 0) is 19.7 Å². The van der Waals surface area contributed by atoms with E-state index in [9.17, 15) is 22.8 Å². The number of nitrogens with zero attached hydrogens (tertiary/aromatic N) is 1. The van der Waals surface area contributed by atoms with Gasteiger partial charge in [-0.3, -0.25) is 14.9 Å². The molecule has 1 N–H and O–H groups in total. The molecule has 178 valence electrons. The first-order valence-electron chi connectivity index (χ1n) is 9.72. The Bertz CT molecular complexity index is 1490. The van der Waals surface area contributed by atoms with Gasteiger partial charge < -0.3 is 4.18 Å². The molecule has 8 nitrogen and oxygen atoms in total. The number of imide groups is 2. The van der Waals surface area contributed by atoms with Crippen LogP contribution in [0.3, 0.4) is 0 Å².